The van der Waals surface area contributed by atoms with Gasteiger partial charge in [0.1, 0.15) is 6.61 Å². The standard InChI is InChI=1S/C13H10F2O2/c1-2-3-8-17-13(16)7-5-10-4-6-11(14)12(15)9-10/h1,4-7,9H,3,8H2/b7-5+. The quantitative estimate of drug-likeness (QED) is 0.347. The van der Waals surface area contributed by atoms with Crippen molar-refractivity contribution in [1.82, 2.24) is 0 Å². The van der Waals surface area contributed by atoms with Gasteiger partial charge in [0.25, 0.3) is 0 Å². The molecule has 4 heteroatoms. The Morgan fingerprint density at radius 2 is 2.18 bits per heavy atom. The number of hydrogen-bond acceptors (Lipinski definition) is 2. The Hall–Kier alpha value is -2.15. The topological polar surface area (TPSA) is 26.3 Å². The fourth-order valence-electron chi connectivity index (χ4n) is 1.04. The third kappa shape index (κ3) is 4.47. The molecule has 88 valence electrons. The van der Waals surface area contributed by atoms with E-state index >= 15 is 0 Å². The number of rotatable bonds is 4. The number of terminal acetylenes is 1. The van der Waals surface area contributed by atoms with Crippen LogP contribution in [0.2, 0.25) is 0 Å². The number of carbonyl (C=O) groups is 1. The number of esters is 1. The van der Waals surface area contributed by atoms with Crippen molar-refractivity contribution in [2.24, 2.45) is 0 Å². The summed E-state index contributed by atoms with van der Waals surface area (Å²) in [4.78, 5) is 11.1. The van der Waals surface area contributed by atoms with Gasteiger partial charge in [0.2, 0.25) is 0 Å². The van der Waals surface area contributed by atoms with Gasteiger partial charge in [-0.05, 0) is 23.8 Å². The van der Waals surface area contributed by atoms with Gasteiger partial charge in [0.05, 0.1) is 0 Å². The van der Waals surface area contributed by atoms with Gasteiger partial charge in [0.15, 0.2) is 11.6 Å². The van der Waals surface area contributed by atoms with Gasteiger partial charge in [0, 0.05) is 12.5 Å². The van der Waals surface area contributed by atoms with Crippen molar-refractivity contribution in [2.75, 3.05) is 6.61 Å². The predicted molar refractivity (Wildman–Crippen MR) is 59.8 cm³/mol. The minimum absolute atomic E-state index is 0.136. The van der Waals surface area contributed by atoms with E-state index in [-0.39, 0.29) is 6.61 Å². The maximum Gasteiger partial charge on any atom is 0.330 e. The van der Waals surface area contributed by atoms with Crippen LogP contribution < -0.4 is 0 Å². The Kier molecular flexibility index (Phi) is 4.89. The molecule has 0 bridgehead atoms. The van der Waals surface area contributed by atoms with Crippen molar-refractivity contribution in [2.45, 2.75) is 6.42 Å². The molecule has 0 aliphatic heterocycles. The van der Waals surface area contributed by atoms with Gasteiger partial charge in [-0.2, -0.15) is 0 Å². The molecule has 0 saturated heterocycles. The lowest BCUT2D eigenvalue weighted by Crippen LogP contribution is -2.01. The Morgan fingerprint density at radius 3 is 2.82 bits per heavy atom. The van der Waals surface area contributed by atoms with Crippen LogP contribution in [-0.2, 0) is 9.53 Å². The highest BCUT2D eigenvalue weighted by Gasteiger charge is 2.01. The van der Waals surface area contributed by atoms with Crippen LogP contribution in [-0.4, -0.2) is 12.6 Å². The zero-order chi connectivity index (χ0) is 12.7. The minimum Gasteiger partial charge on any atom is -0.462 e. The highest BCUT2D eigenvalue weighted by Crippen LogP contribution is 2.09. The summed E-state index contributed by atoms with van der Waals surface area (Å²) in [5, 5.41) is 0. The zero-order valence-electron chi connectivity index (χ0n) is 8.95. The number of hydrogen-bond donors (Lipinski definition) is 0. The lowest BCUT2D eigenvalue weighted by atomic mass is 10.2. The molecule has 0 aliphatic carbocycles. The van der Waals surface area contributed by atoms with E-state index in [9.17, 15) is 13.6 Å². The van der Waals surface area contributed by atoms with Gasteiger partial charge in [-0.3, -0.25) is 0 Å². The maximum atomic E-state index is 12.8. The molecule has 1 rings (SSSR count). The first-order valence-electron chi connectivity index (χ1n) is 4.87. The highest BCUT2D eigenvalue weighted by molar-refractivity contribution is 5.87. The van der Waals surface area contributed by atoms with Crippen LogP contribution in [0.1, 0.15) is 12.0 Å². The molecule has 0 unspecified atom stereocenters. The molecule has 0 amide bonds. The van der Waals surface area contributed by atoms with Crippen molar-refractivity contribution in [3.63, 3.8) is 0 Å². The summed E-state index contributed by atoms with van der Waals surface area (Å²) < 4.78 is 30.1. The van der Waals surface area contributed by atoms with Gasteiger partial charge < -0.3 is 4.74 Å². The maximum absolute atomic E-state index is 12.8. The van der Waals surface area contributed by atoms with Crippen LogP contribution in [0, 0.1) is 24.0 Å². The lowest BCUT2D eigenvalue weighted by Gasteiger charge is -1.98. The SMILES string of the molecule is C#CCCOC(=O)/C=C/c1ccc(F)c(F)c1. The number of halogens is 2. The molecule has 0 aromatic heterocycles. The lowest BCUT2D eigenvalue weighted by molar-refractivity contribution is -0.137. The molecule has 0 atom stereocenters. The minimum atomic E-state index is -0.965. The molecule has 0 N–H and O–H groups in total. The van der Waals surface area contributed by atoms with E-state index in [2.05, 4.69) is 5.92 Å². The molecule has 0 aliphatic rings. The summed E-state index contributed by atoms with van der Waals surface area (Å²) >= 11 is 0. The summed E-state index contributed by atoms with van der Waals surface area (Å²) in [7, 11) is 0. The first kappa shape index (κ1) is 12.9. The number of ether oxygens (including phenoxy) is 1. The molecule has 0 heterocycles. The molecule has 0 spiro atoms. The van der Waals surface area contributed by atoms with Crippen LogP contribution in [0.3, 0.4) is 0 Å². The Labute approximate surface area is 97.9 Å². The predicted octanol–water partition coefficient (Wildman–Crippen LogP) is 2.54. The van der Waals surface area contributed by atoms with E-state index in [1.165, 1.54) is 12.1 Å². The molecule has 0 saturated carbocycles. The van der Waals surface area contributed by atoms with E-state index in [4.69, 9.17) is 11.2 Å². The molecule has 17 heavy (non-hydrogen) atoms. The average molecular weight is 236 g/mol. The van der Waals surface area contributed by atoms with Gasteiger partial charge in [-0.1, -0.05) is 6.07 Å². The fourth-order valence-corrected chi connectivity index (χ4v) is 1.04. The molecular weight excluding hydrogens is 226 g/mol. The molecule has 1 aromatic rings. The molecule has 2 nitrogen and oxygen atoms in total. The second kappa shape index (κ2) is 6.44. The highest BCUT2D eigenvalue weighted by atomic mass is 19.2. The molecule has 0 radical (unpaired) electrons. The molecule has 0 fully saturated rings. The van der Waals surface area contributed by atoms with Crippen LogP contribution in [0.25, 0.3) is 6.08 Å². The summed E-state index contributed by atoms with van der Waals surface area (Å²) in [6.07, 6.45) is 7.77. The van der Waals surface area contributed by atoms with Crippen molar-refractivity contribution in [3.05, 3.63) is 41.5 Å². The van der Waals surface area contributed by atoms with E-state index < -0.39 is 17.6 Å². The van der Waals surface area contributed by atoms with E-state index in [1.807, 2.05) is 0 Å². The van der Waals surface area contributed by atoms with Gasteiger partial charge in [-0.25, -0.2) is 13.6 Å². The summed E-state index contributed by atoms with van der Waals surface area (Å²) in [5.41, 5.74) is 0.373. The van der Waals surface area contributed by atoms with Crippen LogP contribution in [0.4, 0.5) is 8.78 Å². The third-order valence-electron chi connectivity index (χ3n) is 1.85. The third-order valence-corrected chi connectivity index (χ3v) is 1.85. The van der Waals surface area contributed by atoms with E-state index in [0.29, 0.717) is 12.0 Å². The number of benzene rings is 1. The Bertz CT molecular complexity index is 473. The van der Waals surface area contributed by atoms with E-state index in [0.717, 1.165) is 18.2 Å². The van der Waals surface area contributed by atoms with Crippen molar-refractivity contribution in [1.29, 1.82) is 0 Å². The van der Waals surface area contributed by atoms with Crippen LogP contribution in [0.5, 0.6) is 0 Å². The normalized spacial score (nSPS) is 10.2. The summed E-state index contributed by atoms with van der Waals surface area (Å²) in [6.45, 7) is 0.136. The monoisotopic (exact) mass is 236 g/mol. The zero-order valence-corrected chi connectivity index (χ0v) is 8.95. The molecule has 1 aromatic carbocycles. The van der Waals surface area contributed by atoms with Crippen molar-refractivity contribution < 1.29 is 18.3 Å². The van der Waals surface area contributed by atoms with Gasteiger partial charge in [-0.15, -0.1) is 12.3 Å². The average Bonchev–Trinajstić information content (AvgIpc) is 2.31. The van der Waals surface area contributed by atoms with Crippen molar-refractivity contribution in [3.8, 4) is 12.3 Å². The van der Waals surface area contributed by atoms with E-state index in [1.54, 1.807) is 0 Å². The summed E-state index contributed by atoms with van der Waals surface area (Å²) in [6, 6.07) is 3.32. The first-order chi connectivity index (χ1) is 8.13. The summed E-state index contributed by atoms with van der Waals surface area (Å²) in [5.74, 6) is -0.157. The van der Waals surface area contributed by atoms with Crippen LogP contribution >= 0.6 is 0 Å². The largest absolute Gasteiger partial charge is 0.462 e. The smallest absolute Gasteiger partial charge is 0.330 e. The second-order valence-electron chi connectivity index (χ2n) is 3.13. The Balaban J connectivity index is 2.55. The molecular formula is C13H10F2O2. The second-order valence-corrected chi connectivity index (χ2v) is 3.13. The first-order valence-corrected chi connectivity index (χ1v) is 4.87. The fraction of sp³-hybridized carbons (Fsp3) is 0.154. The van der Waals surface area contributed by atoms with Gasteiger partial charge >= 0.3 is 5.97 Å². The van der Waals surface area contributed by atoms with Crippen LogP contribution in [0.15, 0.2) is 24.3 Å². The number of carbonyl (C=O) groups excluding carboxylic acids is 1. The Morgan fingerprint density at radius 1 is 1.41 bits per heavy atom. The van der Waals surface area contributed by atoms with Crippen molar-refractivity contribution >= 4 is 12.0 Å².